The summed E-state index contributed by atoms with van der Waals surface area (Å²) in [6.07, 6.45) is 0. The second kappa shape index (κ2) is 9.27. The van der Waals surface area contributed by atoms with Crippen LogP contribution < -0.4 is 16.0 Å². The first-order chi connectivity index (χ1) is 7.72. The number of hydrogen-bond acceptors (Lipinski definition) is 3. The highest BCUT2D eigenvalue weighted by atomic mass is 79.9. The second-order valence-corrected chi connectivity index (χ2v) is 4.23. The Bertz CT molecular complexity index is 349. The van der Waals surface area contributed by atoms with E-state index in [-0.39, 0.29) is 18.3 Å². The van der Waals surface area contributed by atoms with Gasteiger partial charge in [-0.15, -0.1) is 12.4 Å². The maximum Gasteiger partial charge on any atom is 0.234 e. The number of carbonyl (C=O) groups excluding carboxylic acids is 1. The van der Waals surface area contributed by atoms with Crippen LogP contribution in [0.2, 0.25) is 0 Å². The Morgan fingerprint density at radius 2 is 2.12 bits per heavy atom. The summed E-state index contributed by atoms with van der Waals surface area (Å²) in [7, 11) is 1.75. The molecule has 3 N–H and O–H groups in total. The van der Waals surface area contributed by atoms with Crippen LogP contribution in [0, 0.1) is 0 Å². The average molecular weight is 323 g/mol. The quantitative estimate of drug-likeness (QED) is 0.698. The van der Waals surface area contributed by atoms with E-state index in [0.717, 1.165) is 10.2 Å². The largest absolute Gasteiger partial charge is 0.383 e. The van der Waals surface area contributed by atoms with Gasteiger partial charge in [0.2, 0.25) is 5.91 Å². The molecule has 0 aliphatic carbocycles. The van der Waals surface area contributed by atoms with Crippen molar-refractivity contribution in [3.63, 3.8) is 0 Å². The topological polar surface area (TPSA) is 53.2 Å². The van der Waals surface area contributed by atoms with Crippen molar-refractivity contribution in [1.82, 2.24) is 10.6 Å². The minimum Gasteiger partial charge on any atom is -0.383 e. The van der Waals surface area contributed by atoms with Crippen LogP contribution in [0.15, 0.2) is 28.7 Å². The zero-order chi connectivity index (χ0) is 11.8. The van der Waals surface area contributed by atoms with Gasteiger partial charge in [0.1, 0.15) is 0 Å². The van der Waals surface area contributed by atoms with E-state index in [1.807, 2.05) is 24.3 Å². The van der Waals surface area contributed by atoms with Gasteiger partial charge in [-0.25, -0.2) is 0 Å². The zero-order valence-electron chi connectivity index (χ0n) is 9.63. The molecule has 0 heterocycles. The summed E-state index contributed by atoms with van der Waals surface area (Å²) in [6, 6.07) is 7.92. The third-order valence-electron chi connectivity index (χ3n) is 1.94. The first kappa shape index (κ1) is 16.2. The molecule has 6 heteroatoms. The van der Waals surface area contributed by atoms with Crippen LogP contribution in [-0.4, -0.2) is 32.6 Å². The van der Waals surface area contributed by atoms with Crippen molar-refractivity contribution in [3.05, 3.63) is 28.7 Å². The van der Waals surface area contributed by atoms with Gasteiger partial charge in [0.25, 0.3) is 0 Å². The van der Waals surface area contributed by atoms with Gasteiger partial charge >= 0.3 is 0 Å². The second-order valence-electron chi connectivity index (χ2n) is 3.32. The van der Waals surface area contributed by atoms with Crippen molar-refractivity contribution in [1.29, 1.82) is 0 Å². The highest BCUT2D eigenvalue weighted by Gasteiger charge is 1.97. The third-order valence-corrected chi connectivity index (χ3v) is 2.43. The Labute approximate surface area is 116 Å². The molecule has 1 aromatic rings. The van der Waals surface area contributed by atoms with Gasteiger partial charge in [-0.2, -0.15) is 0 Å². The molecular weight excluding hydrogens is 305 g/mol. The number of anilines is 1. The van der Waals surface area contributed by atoms with Crippen LogP contribution in [0.4, 0.5) is 5.69 Å². The molecule has 0 fully saturated rings. The monoisotopic (exact) mass is 321 g/mol. The van der Waals surface area contributed by atoms with E-state index in [0.29, 0.717) is 19.6 Å². The lowest BCUT2D eigenvalue weighted by Crippen LogP contribution is -2.35. The van der Waals surface area contributed by atoms with Crippen molar-refractivity contribution >= 4 is 39.9 Å². The van der Waals surface area contributed by atoms with Crippen LogP contribution in [0.5, 0.6) is 0 Å². The molecule has 0 unspecified atom stereocenters. The summed E-state index contributed by atoms with van der Waals surface area (Å²) >= 11 is 3.40. The van der Waals surface area contributed by atoms with Crippen molar-refractivity contribution in [3.8, 4) is 0 Å². The fraction of sp³-hybridized carbons (Fsp3) is 0.364. The molecule has 96 valence electrons. The summed E-state index contributed by atoms with van der Waals surface area (Å²) in [6.45, 7) is 1.69. The number of benzene rings is 1. The fourth-order valence-electron chi connectivity index (χ4n) is 1.23. The standard InChI is InChI=1S/C11H16BrN3O.ClH/c1-13-8-11(16)15-6-5-14-10-4-2-3-9(12)7-10;/h2-4,7,13-14H,5-6,8H2,1H3,(H,15,16);1H. The summed E-state index contributed by atoms with van der Waals surface area (Å²) in [5, 5.41) is 8.81. The van der Waals surface area contributed by atoms with Crippen LogP contribution in [-0.2, 0) is 4.79 Å². The van der Waals surface area contributed by atoms with E-state index in [2.05, 4.69) is 31.9 Å². The molecule has 0 aromatic heterocycles. The van der Waals surface area contributed by atoms with Gasteiger partial charge in [0.05, 0.1) is 6.54 Å². The number of carbonyl (C=O) groups is 1. The highest BCUT2D eigenvalue weighted by molar-refractivity contribution is 9.10. The smallest absolute Gasteiger partial charge is 0.234 e. The van der Waals surface area contributed by atoms with E-state index in [9.17, 15) is 4.79 Å². The van der Waals surface area contributed by atoms with Crippen molar-refractivity contribution in [2.45, 2.75) is 0 Å². The van der Waals surface area contributed by atoms with Gasteiger partial charge in [0.15, 0.2) is 0 Å². The fourth-order valence-corrected chi connectivity index (χ4v) is 1.63. The molecule has 4 nitrogen and oxygen atoms in total. The number of rotatable bonds is 6. The van der Waals surface area contributed by atoms with E-state index >= 15 is 0 Å². The molecule has 0 aliphatic rings. The summed E-state index contributed by atoms with van der Waals surface area (Å²) in [5.41, 5.74) is 1.04. The molecule has 0 spiro atoms. The molecule has 0 radical (unpaired) electrons. The summed E-state index contributed by atoms with van der Waals surface area (Å²) < 4.78 is 1.04. The maximum absolute atomic E-state index is 11.1. The minimum atomic E-state index is 0. The molecule has 1 aromatic carbocycles. The van der Waals surface area contributed by atoms with Gasteiger partial charge in [-0.1, -0.05) is 22.0 Å². The van der Waals surface area contributed by atoms with Crippen LogP contribution >= 0.6 is 28.3 Å². The molecule has 0 bridgehead atoms. The Hall–Kier alpha value is -0.780. The Balaban J connectivity index is 0.00000256. The zero-order valence-corrected chi connectivity index (χ0v) is 12.0. The Morgan fingerprint density at radius 1 is 1.35 bits per heavy atom. The van der Waals surface area contributed by atoms with Crippen molar-refractivity contribution in [2.24, 2.45) is 0 Å². The van der Waals surface area contributed by atoms with Gasteiger partial charge in [-0.3, -0.25) is 4.79 Å². The molecule has 1 rings (SSSR count). The molecule has 1 amide bonds. The first-order valence-electron chi connectivity index (χ1n) is 5.13. The minimum absolute atomic E-state index is 0. The van der Waals surface area contributed by atoms with E-state index in [1.54, 1.807) is 7.05 Å². The van der Waals surface area contributed by atoms with E-state index < -0.39 is 0 Å². The molecule has 0 aliphatic heterocycles. The van der Waals surface area contributed by atoms with Crippen LogP contribution in [0.1, 0.15) is 0 Å². The number of amides is 1. The molecule has 0 saturated heterocycles. The first-order valence-corrected chi connectivity index (χ1v) is 5.92. The number of nitrogens with one attached hydrogen (secondary N) is 3. The predicted molar refractivity (Wildman–Crippen MR) is 76.8 cm³/mol. The Kier molecular flexibility index (Phi) is 8.85. The average Bonchev–Trinajstić information content (AvgIpc) is 2.25. The molecule has 0 saturated carbocycles. The highest BCUT2D eigenvalue weighted by Crippen LogP contribution is 2.14. The van der Waals surface area contributed by atoms with Gasteiger partial charge in [-0.05, 0) is 25.2 Å². The number of likely N-dealkylation sites (N-methyl/N-ethyl adjacent to an activating group) is 1. The lowest BCUT2D eigenvalue weighted by atomic mass is 10.3. The number of halogens is 2. The van der Waals surface area contributed by atoms with E-state index in [1.165, 1.54) is 0 Å². The Morgan fingerprint density at radius 3 is 2.76 bits per heavy atom. The van der Waals surface area contributed by atoms with Crippen molar-refractivity contribution in [2.75, 3.05) is 32.0 Å². The maximum atomic E-state index is 11.1. The normalized spacial score (nSPS) is 9.29. The predicted octanol–water partition coefficient (Wildman–Crippen LogP) is 1.62. The molecule has 17 heavy (non-hydrogen) atoms. The van der Waals surface area contributed by atoms with Crippen LogP contribution in [0.3, 0.4) is 0 Å². The van der Waals surface area contributed by atoms with Gasteiger partial charge < -0.3 is 16.0 Å². The molecule has 0 atom stereocenters. The third kappa shape index (κ3) is 7.20. The SMILES string of the molecule is CNCC(=O)NCCNc1cccc(Br)c1.Cl. The van der Waals surface area contributed by atoms with Crippen LogP contribution in [0.25, 0.3) is 0 Å². The lowest BCUT2D eigenvalue weighted by Gasteiger charge is -2.08. The lowest BCUT2D eigenvalue weighted by molar-refractivity contribution is -0.120. The number of hydrogen-bond donors (Lipinski definition) is 3. The summed E-state index contributed by atoms with van der Waals surface area (Å²) in [4.78, 5) is 11.1. The van der Waals surface area contributed by atoms with Gasteiger partial charge in [0, 0.05) is 23.2 Å². The summed E-state index contributed by atoms with van der Waals surface area (Å²) in [5.74, 6) is 0.0125. The van der Waals surface area contributed by atoms with Crippen molar-refractivity contribution < 1.29 is 4.79 Å². The van der Waals surface area contributed by atoms with E-state index in [4.69, 9.17) is 0 Å². The molecular formula is C11H17BrClN3O.